The van der Waals surface area contributed by atoms with E-state index < -0.39 is 0 Å². The highest BCUT2D eigenvalue weighted by atomic mass is 16.9. The topological polar surface area (TPSA) is 12.5 Å². The van der Waals surface area contributed by atoms with Gasteiger partial charge in [0, 0.05) is 13.2 Å². The predicted molar refractivity (Wildman–Crippen MR) is 41.4 cm³/mol. The van der Waals surface area contributed by atoms with E-state index in [4.69, 9.17) is 4.94 Å². The summed E-state index contributed by atoms with van der Waals surface area (Å²) in [7, 11) is 5.51. The van der Waals surface area contributed by atoms with Crippen LogP contribution in [-0.2, 0) is 4.94 Å². The molecule has 0 spiro atoms. The lowest BCUT2D eigenvalue weighted by Crippen LogP contribution is -2.38. The minimum atomic E-state index is 0.280. The number of hydroxylamine groups is 5. The molecule has 0 rings (SSSR count). The molecule has 0 amide bonds. The van der Waals surface area contributed by atoms with E-state index in [2.05, 4.69) is 13.2 Å². The van der Waals surface area contributed by atoms with Gasteiger partial charge in [-0.25, -0.2) is 5.06 Å². The van der Waals surface area contributed by atoms with Crippen LogP contribution < -0.4 is 0 Å². The molecular formula is C7H15N2O+. The summed E-state index contributed by atoms with van der Waals surface area (Å²) >= 11 is 0. The first kappa shape index (κ1) is 9.20. The summed E-state index contributed by atoms with van der Waals surface area (Å²) < 4.78 is 0.280. The Morgan fingerprint density at radius 1 is 1.40 bits per heavy atom. The third kappa shape index (κ3) is 3.27. The van der Waals surface area contributed by atoms with Crippen LogP contribution in [0.2, 0.25) is 0 Å². The first-order valence-corrected chi connectivity index (χ1v) is 3.04. The second-order valence-electron chi connectivity index (χ2n) is 2.43. The quantitative estimate of drug-likeness (QED) is 0.432. The van der Waals surface area contributed by atoms with Crippen molar-refractivity contribution in [3.05, 3.63) is 25.6 Å². The molecular weight excluding hydrogens is 128 g/mol. The molecule has 3 nitrogen and oxygen atoms in total. The van der Waals surface area contributed by atoms with Crippen LogP contribution >= 0.6 is 0 Å². The molecule has 0 aromatic carbocycles. The molecule has 0 aliphatic carbocycles. The molecule has 0 heterocycles. The molecule has 0 radical (unpaired) electrons. The van der Waals surface area contributed by atoms with Crippen LogP contribution in [0, 0.1) is 0 Å². The van der Waals surface area contributed by atoms with E-state index >= 15 is 0 Å². The fourth-order valence-corrected chi connectivity index (χ4v) is 0.399. The maximum atomic E-state index is 5.27. The second kappa shape index (κ2) is 3.39. The molecule has 0 aliphatic rings. The summed E-state index contributed by atoms with van der Waals surface area (Å²) in [6.07, 6.45) is 3.27. The Hall–Kier alpha value is -0.800. The largest absolute Gasteiger partial charge is 0.212 e. The fraction of sp³-hybridized carbons (Fsp3) is 0.429. The van der Waals surface area contributed by atoms with Gasteiger partial charge < -0.3 is 0 Å². The third-order valence-corrected chi connectivity index (χ3v) is 1.04. The molecule has 3 heteroatoms. The molecule has 0 atom stereocenters. The van der Waals surface area contributed by atoms with E-state index in [0.29, 0.717) is 0 Å². The molecule has 0 unspecified atom stereocenters. The maximum Gasteiger partial charge on any atom is 0.123 e. The zero-order valence-electron chi connectivity index (χ0n) is 6.87. The fourth-order valence-electron chi connectivity index (χ4n) is 0.399. The van der Waals surface area contributed by atoms with Crippen molar-refractivity contribution < 1.29 is 9.58 Å². The highest BCUT2D eigenvalue weighted by Crippen LogP contribution is 2.00. The number of hydrogen-bond acceptors (Lipinski definition) is 2. The van der Waals surface area contributed by atoms with Crippen LogP contribution in [0.5, 0.6) is 0 Å². The van der Waals surface area contributed by atoms with E-state index in [0.717, 1.165) is 0 Å². The van der Waals surface area contributed by atoms with Gasteiger partial charge in [-0.05, 0) is 6.58 Å². The number of nitrogens with zero attached hydrogens (tertiary/aromatic N) is 2. The minimum Gasteiger partial charge on any atom is -0.212 e. The first-order valence-electron chi connectivity index (χ1n) is 3.04. The van der Waals surface area contributed by atoms with Gasteiger partial charge in [-0.2, -0.15) is 0 Å². The van der Waals surface area contributed by atoms with Gasteiger partial charge in [-0.15, -0.1) is 4.65 Å². The standard InChI is InChI=1S/C7H15N2O/c1-6-8(3)10-9(4,5)7-2/h6-7H,1-2H2,3-5H3/q+1. The normalized spacial score (nSPS) is 10.7. The van der Waals surface area contributed by atoms with E-state index in [1.807, 2.05) is 14.1 Å². The van der Waals surface area contributed by atoms with Crippen LogP contribution in [0.15, 0.2) is 25.6 Å². The van der Waals surface area contributed by atoms with Gasteiger partial charge in [0.15, 0.2) is 0 Å². The first-order chi connectivity index (χ1) is 4.52. The second-order valence-corrected chi connectivity index (χ2v) is 2.43. The van der Waals surface area contributed by atoms with Crippen LogP contribution in [-0.4, -0.2) is 30.9 Å². The molecule has 58 valence electrons. The predicted octanol–water partition coefficient (Wildman–Crippen LogP) is 1.13. The average molecular weight is 143 g/mol. The smallest absolute Gasteiger partial charge is 0.123 e. The van der Waals surface area contributed by atoms with Crippen molar-refractivity contribution in [3.8, 4) is 0 Å². The lowest BCUT2D eigenvalue weighted by molar-refractivity contribution is -1.06. The molecule has 10 heavy (non-hydrogen) atoms. The van der Waals surface area contributed by atoms with Crippen LogP contribution in [0.3, 0.4) is 0 Å². The highest BCUT2D eigenvalue weighted by Gasteiger charge is 2.13. The molecule has 0 saturated carbocycles. The van der Waals surface area contributed by atoms with Gasteiger partial charge in [-0.1, -0.05) is 11.5 Å². The Labute approximate surface area is 62.3 Å². The van der Waals surface area contributed by atoms with Gasteiger partial charge in [0.25, 0.3) is 0 Å². The molecule has 0 aromatic rings. The van der Waals surface area contributed by atoms with E-state index in [1.165, 1.54) is 5.06 Å². The molecule has 0 saturated heterocycles. The molecule has 0 fully saturated rings. The molecule has 0 N–H and O–H groups in total. The highest BCUT2D eigenvalue weighted by molar-refractivity contribution is 4.56. The SMILES string of the molecule is C=CN(C)O[N+](C)(C)C=C. The van der Waals surface area contributed by atoms with Crippen LogP contribution in [0.25, 0.3) is 0 Å². The van der Waals surface area contributed by atoms with Crippen molar-refractivity contribution in [2.45, 2.75) is 0 Å². The van der Waals surface area contributed by atoms with Crippen molar-refractivity contribution in [2.75, 3.05) is 21.1 Å². The van der Waals surface area contributed by atoms with Gasteiger partial charge in [0.1, 0.15) is 20.3 Å². The molecule has 0 aromatic heterocycles. The lowest BCUT2D eigenvalue weighted by Gasteiger charge is -2.24. The third-order valence-electron chi connectivity index (χ3n) is 1.04. The van der Waals surface area contributed by atoms with Crippen molar-refractivity contribution in [2.24, 2.45) is 0 Å². The van der Waals surface area contributed by atoms with Crippen LogP contribution in [0.4, 0.5) is 0 Å². The monoisotopic (exact) mass is 143 g/mol. The van der Waals surface area contributed by atoms with Crippen molar-refractivity contribution in [1.29, 1.82) is 0 Å². The van der Waals surface area contributed by atoms with Crippen LogP contribution in [0.1, 0.15) is 0 Å². The lowest BCUT2D eigenvalue weighted by atomic mass is 10.8. The van der Waals surface area contributed by atoms with E-state index in [1.54, 1.807) is 19.4 Å². The van der Waals surface area contributed by atoms with Crippen molar-refractivity contribution in [3.63, 3.8) is 0 Å². The number of rotatable bonds is 4. The number of hydrogen-bond donors (Lipinski definition) is 0. The summed E-state index contributed by atoms with van der Waals surface area (Å²) in [4.78, 5) is 5.27. The van der Waals surface area contributed by atoms with Crippen molar-refractivity contribution >= 4 is 0 Å². The summed E-state index contributed by atoms with van der Waals surface area (Å²) in [5, 5.41) is 1.53. The van der Waals surface area contributed by atoms with Gasteiger partial charge in [0.05, 0.1) is 0 Å². The Kier molecular flexibility index (Phi) is 3.12. The zero-order chi connectivity index (χ0) is 8.20. The van der Waals surface area contributed by atoms with Gasteiger partial charge in [0.2, 0.25) is 0 Å². The van der Waals surface area contributed by atoms with Gasteiger partial charge >= 0.3 is 0 Å². The summed E-state index contributed by atoms with van der Waals surface area (Å²) in [6, 6.07) is 0. The Balaban J connectivity index is 3.86. The zero-order valence-corrected chi connectivity index (χ0v) is 6.87. The Bertz CT molecular complexity index is 132. The van der Waals surface area contributed by atoms with E-state index in [-0.39, 0.29) is 4.65 Å². The molecule has 0 bridgehead atoms. The maximum absolute atomic E-state index is 5.27. The Morgan fingerprint density at radius 3 is 2.20 bits per heavy atom. The van der Waals surface area contributed by atoms with Crippen molar-refractivity contribution in [1.82, 2.24) is 5.06 Å². The average Bonchev–Trinajstić information content (AvgIpc) is 1.87. The molecule has 0 aliphatic heterocycles. The van der Waals surface area contributed by atoms with E-state index in [9.17, 15) is 0 Å². The number of quaternary nitrogens is 1. The Morgan fingerprint density at radius 2 is 1.90 bits per heavy atom. The summed E-state index contributed by atoms with van der Waals surface area (Å²) in [5.74, 6) is 0. The van der Waals surface area contributed by atoms with Gasteiger partial charge in [-0.3, -0.25) is 0 Å². The minimum absolute atomic E-state index is 0.280. The summed E-state index contributed by atoms with van der Waals surface area (Å²) in [6.45, 7) is 7.14. The summed E-state index contributed by atoms with van der Waals surface area (Å²) in [5.41, 5.74) is 0.